The normalized spacial score (nSPS) is 20.5. The first-order chi connectivity index (χ1) is 10.3. The Bertz CT molecular complexity index is 516. The van der Waals surface area contributed by atoms with Crippen LogP contribution < -0.4 is 5.32 Å². The number of ether oxygens (including phenoxy) is 2. The molecule has 3 heteroatoms. The van der Waals surface area contributed by atoms with Crippen LogP contribution in [0, 0.1) is 0 Å². The largest absolute Gasteiger partial charge is 0.339 e. The molecule has 2 aromatic carbocycles. The highest BCUT2D eigenvalue weighted by molar-refractivity contribution is 5.34. The van der Waals surface area contributed by atoms with E-state index in [1.807, 2.05) is 36.4 Å². The molecule has 3 nitrogen and oxygen atoms in total. The van der Waals surface area contributed by atoms with Crippen molar-refractivity contribution in [2.45, 2.75) is 18.8 Å². The van der Waals surface area contributed by atoms with E-state index >= 15 is 0 Å². The molecule has 1 saturated heterocycles. The molecule has 1 aliphatic heterocycles. The van der Waals surface area contributed by atoms with Crippen LogP contribution in [0.5, 0.6) is 0 Å². The van der Waals surface area contributed by atoms with Crippen LogP contribution in [0.3, 0.4) is 0 Å². The van der Waals surface area contributed by atoms with Crippen molar-refractivity contribution in [3.05, 3.63) is 71.8 Å². The molecular formula is C18H21NO2. The molecule has 2 aromatic rings. The Morgan fingerprint density at radius 3 is 2.10 bits per heavy atom. The van der Waals surface area contributed by atoms with Gasteiger partial charge in [0, 0.05) is 17.7 Å². The fraction of sp³-hybridized carbons (Fsp3) is 0.333. The van der Waals surface area contributed by atoms with E-state index in [1.54, 1.807) is 0 Å². The molecule has 0 aromatic heterocycles. The summed E-state index contributed by atoms with van der Waals surface area (Å²) >= 11 is 0. The van der Waals surface area contributed by atoms with Crippen LogP contribution in [0.4, 0.5) is 0 Å². The third-order valence-corrected chi connectivity index (χ3v) is 3.73. The third kappa shape index (κ3) is 2.86. The zero-order valence-electron chi connectivity index (χ0n) is 12.3. The summed E-state index contributed by atoms with van der Waals surface area (Å²) < 4.78 is 12.5. The molecular weight excluding hydrogens is 262 g/mol. The summed E-state index contributed by atoms with van der Waals surface area (Å²) in [6.07, 6.45) is 0.0605. The van der Waals surface area contributed by atoms with E-state index in [1.165, 1.54) is 0 Å². The van der Waals surface area contributed by atoms with Gasteiger partial charge in [-0.2, -0.15) is 0 Å². The van der Waals surface area contributed by atoms with E-state index in [0.29, 0.717) is 6.61 Å². The minimum Gasteiger partial charge on any atom is -0.339 e. The summed E-state index contributed by atoms with van der Waals surface area (Å²) in [5.41, 5.74) is 2.07. The standard InChI is InChI=1S/C18H21NO2/c1-2-19-13-17-14-20-18(21-17,15-9-5-3-6-10-15)16-11-7-4-8-12-16/h3-12,17,19H,2,13-14H2,1H3/t17-/m0/s1. The van der Waals surface area contributed by atoms with E-state index < -0.39 is 5.79 Å². The average Bonchev–Trinajstić information content (AvgIpc) is 3.00. The Labute approximate surface area is 125 Å². The van der Waals surface area contributed by atoms with Crippen molar-refractivity contribution >= 4 is 0 Å². The van der Waals surface area contributed by atoms with E-state index in [0.717, 1.165) is 24.2 Å². The Balaban J connectivity index is 1.94. The predicted molar refractivity (Wildman–Crippen MR) is 83.0 cm³/mol. The Kier molecular flexibility index (Phi) is 4.34. The number of rotatable bonds is 5. The smallest absolute Gasteiger partial charge is 0.222 e. The maximum absolute atomic E-state index is 6.34. The summed E-state index contributed by atoms with van der Waals surface area (Å²) in [5.74, 6) is -0.789. The van der Waals surface area contributed by atoms with Gasteiger partial charge in [0.2, 0.25) is 5.79 Å². The molecule has 0 aliphatic carbocycles. The van der Waals surface area contributed by atoms with Crippen LogP contribution in [-0.4, -0.2) is 25.8 Å². The molecule has 0 bridgehead atoms. The lowest BCUT2D eigenvalue weighted by molar-refractivity contribution is -0.142. The van der Waals surface area contributed by atoms with Gasteiger partial charge in [-0.15, -0.1) is 0 Å². The van der Waals surface area contributed by atoms with Crippen molar-refractivity contribution in [3.8, 4) is 0 Å². The Morgan fingerprint density at radius 2 is 1.57 bits per heavy atom. The van der Waals surface area contributed by atoms with Gasteiger partial charge in [0.25, 0.3) is 0 Å². The maximum Gasteiger partial charge on any atom is 0.222 e. The molecule has 110 valence electrons. The van der Waals surface area contributed by atoms with Crippen molar-refractivity contribution in [2.24, 2.45) is 0 Å². The molecule has 1 aliphatic rings. The average molecular weight is 283 g/mol. The topological polar surface area (TPSA) is 30.5 Å². The lowest BCUT2D eigenvalue weighted by Crippen LogP contribution is -2.33. The fourth-order valence-electron chi connectivity index (χ4n) is 2.70. The molecule has 0 saturated carbocycles. The van der Waals surface area contributed by atoms with Gasteiger partial charge in [0.05, 0.1) is 12.7 Å². The van der Waals surface area contributed by atoms with E-state index in [4.69, 9.17) is 9.47 Å². The van der Waals surface area contributed by atoms with Crippen molar-refractivity contribution < 1.29 is 9.47 Å². The molecule has 1 fully saturated rings. The molecule has 0 unspecified atom stereocenters. The zero-order chi connectivity index (χ0) is 14.5. The van der Waals surface area contributed by atoms with Gasteiger partial charge >= 0.3 is 0 Å². The van der Waals surface area contributed by atoms with Crippen molar-refractivity contribution in [1.29, 1.82) is 0 Å². The summed E-state index contributed by atoms with van der Waals surface area (Å²) in [5, 5.41) is 3.33. The second-order valence-electron chi connectivity index (χ2n) is 5.21. The minimum absolute atomic E-state index is 0.0605. The molecule has 0 amide bonds. The van der Waals surface area contributed by atoms with Crippen LogP contribution in [0.1, 0.15) is 18.1 Å². The minimum atomic E-state index is -0.789. The fourth-order valence-corrected chi connectivity index (χ4v) is 2.70. The monoisotopic (exact) mass is 283 g/mol. The highest BCUT2D eigenvalue weighted by Gasteiger charge is 2.44. The maximum atomic E-state index is 6.34. The van der Waals surface area contributed by atoms with Crippen LogP contribution in [0.15, 0.2) is 60.7 Å². The molecule has 0 spiro atoms. The first-order valence-corrected chi connectivity index (χ1v) is 7.48. The van der Waals surface area contributed by atoms with Crippen LogP contribution >= 0.6 is 0 Å². The first-order valence-electron chi connectivity index (χ1n) is 7.48. The van der Waals surface area contributed by atoms with E-state index in [9.17, 15) is 0 Å². The first kappa shape index (κ1) is 14.3. The van der Waals surface area contributed by atoms with Crippen molar-refractivity contribution in [1.82, 2.24) is 5.32 Å². The quantitative estimate of drug-likeness (QED) is 0.915. The second kappa shape index (κ2) is 6.39. The van der Waals surface area contributed by atoms with Gasteiger partial charge in [0.15, 0.2) is 0 Å². The number of hydrogen-bond acceptors (Lipinski definition) is 3. The lowest BCUT2D eigenvalue weighted by atomic mass is 9.97. The summed E-state index contributed by atoms with van der Waals surface area (Å²) in [7, 11) is 0. The number of benzene rings is 2. The van der Waals surface area contributed by atoms with Crippen molar-refractivity contribution in [3.63, 3.8) is 0 Å². The molecule has 3 rings (SSSR count). The van der Waals surface area contributed by atoms with Gasteiger partial charge < -0.3 is 14.8 Å². The Hall–Kier alpha value is -1.68. The highest BCUT2D eigenvalue weighted by Crippen LogP contribution is 2.40. The second-order valence-corrected chi connectivity index (χ2v) is 5.21. The van der Waals surface area contributed by atoms with Crippen molar-refractivity contribution in [2.75, 3.05) is 19.7 Å². The number of hydrogen-bond donors (Lipinski definition) is 1. The summed E-state index contributed by atoms with van der Waals surface area (Å²) in [6, 6.07) is 20.3. The van der Waals surface area contributed by atoms with Gasteiger partial charge in [-0.25, -0.2) is 0 Å². The summed E-state index contributed by atoms with van der Waals surface area (Å²) in [6.45, 7) is 4.43. The van der Waals surface area contributed by atoms with Gasteiger partial charge in [-0.3, -0.25) is 0 Å². The molecule has 1 atom stereocenters. The zero-order valence-corrected chi connectivity index (χ0v) is 12.3. The van der Waals surface area contributed by atoms with Crippen LogP contribution in [0.25, 0.3) is 0 Å². The van der Waals surface area contributed by atoms with Crippen LogP contribution in [0.2, 0.25) is 0 Å². The van der Waals surface area contributed by atoms with Gasteiger partial charge in [0.1, 0.15) is 0 Å². The third-order valence-electron chi connectivity index (χ3n) is 3.73. The number of likely N-dealkylation sites (N-methyl/N-ethyl adjacent to an activating group) is 1. The molecule has 21 heavy (non-hydrogen) atoms. The summed E-state index contributed by atoms with van der Waals surface area (Å²) in [4.78, 5) is 0. The van der Waals surface area contributed by atoms with E-state index in [-0.39, 0.29) is 6.10 Å². The highest BCUT2D eigenvalue weighted by atomic mass is 16.7. The molecule has 1 heterocycles. The lowest BCUT2D eigenvalue weighted by Gasteiger charge is -2.29. The van der Waals surface area contributed by atoms with E-state index in [2.05, 4.69) is 36.5 Å². The van der Waals surface area contributed by atoms with Gasteiger partial charge in [-0.05, 0) is 6.54 Å². The molecule has 1 N–H and O–H groups in total. The van der Waals surface area contributed by atoms with Crippen LogP contribution in [-0.2, 0) is 15.3 Å². The Morgan fingerprint density at radius 1 is 1.00 bits per heavy atom. The van der Waals surface area contributed by atoms with Gasteiger partial charge in [-0.1, -0.05) is 67.6 Å². The predicted octanol–water partition coefficient (Wildman–Crippen LogP) is 2.91. The molecule has 0 radical (unpaired) electrons. The SMILES string of the molecule is CCNC[C@H]1COC(c2ccccc2)(c2ccccc2)O1. The number of nitrogens with one attached hydrogen (secondary N) is 1.